The van der Waals surface area contributed by atoms with Gasteiger partial charge in [-0.3, -0.25) is 0 Å². The van der Waals surface area contributed by atoms with Gasteiger partial charge in [-0.05, 0) is 31.2 Å². The third-order valence-corrected chi connectivity index (χ3v) is 2.63. The lowest BCUT2D eigenvalue weighted by Gasteiger charge is -2.05. The number of hydrogen-bond donors (Lipinski definition) is 1. The third-order valence-electron chi connectivity index (χ3n) is 2.63. The Bertz CT molecular complexity index is 508. The van der Waals surface area contributed by atoms with Crippen LogP contribution in [0.1, 0.15) is 18.2 Å². The Morgan fingerprint density at radius 1 is 1.41 bits per heavy atom. The number of benzene rings is 1. The maximum atomic E-state index is 13.2. The van der Waals surface area contributed by atoms with Crippen molar-refractivity contribution in [1.29, 1.82) is 0 Å². The van der Waals surface area contributed by atoms with Crippen molar-refractivity contribution < 1.29 is 8.81 Å². The van der Waals surface area contributed by atoms with Gasteiger partial charge in [0.15, 0.2) is 12.2 Å². The molecule has 1 N–H and O–H groups in total. The van der Waals surface area contributed by atoms with Crippen LogP contribution >= 0.6 is 0 Å². The Morgan fingerprint density at radius 2 is 2.24 bits per heavy atom. The van der Waals surface area contributed by atoms with Gasteiger partial charge in [0.2, 0.25) is 0 Å². The van der Waals surface area contributed by atoms with Gasteiger partial charge >= 0.3 is 0 Å². The minimum Gasteiger partial charge on any atom is -0.443 e. The first kappa shape index (κ1) is 11.8. The first-order valence-electron chi connectivity index (χ1n) is 5.62. The highest BCUT2D eigenvalue weighted by Gasteiger charge is 2.13. The second-order valence-corrected chi connectivity index (χ2v) is 3.87. The minimum absolute atomic E-state index is 0.267. The molecule has 3 nitrogen and oxygen atoms in total. The van der Waals surface area contributed by atoms with Gasteiger partial charge in [0, 0.05) is 12.1 Å². The Balaban J connectivity index is 2.38. The van der Waals surface area contributed by atoms with E-state index in [2.05, 4.69) is 10.3 Å². The maximum Gasteiger partial charge on any atom is 0.181 e. The summed E-state index contributed by atoms with van der Waals surface area (Å²) >= 11 is 0. The number of oxazole rings is 1. The predicted octanol–water partition coefficient (Wildman–Crippen LogP) is 2.90. The van der Waals surface area contributed by atoms with Gasteiger partial charge in [-0.25, -0.2) is 9.37 Å². The predicted molar refractivity (Wildman–Crippen MR) is 64.0 cm³/mol. The summed E-state index contributed by atoms with van der Waals surface area (Å²) in [7, 11) is 0. The largest absolute Gasteiger partial charge is 0.443 e. The molecule has 0 atom stereocenters. The second-order valence-electron chi connectivity index (χ2n) is 3.87. The number of rotatable bonds is 4. The molecule has 2 rings (SSSR count). The molecule has 1 aromatic heterocycles. The fourth-order valence-corrected chi connectivity index (χ4v) is 1.70. The molecule has 0 fully saturated rings. The highest BCUT2D eigenvalue weighted by molar-refractivity contribution is 5.63. The van der Waals surface area contributed by atoms with Crippen LogP contribution in [0.4, 0.5) is 4.39 Å². The Morgan fingerprint density at radius 3 is 3.00 bits per heavy atom. The van der Waals surface area contributed by atoms with Crippen LogP contribution < -0.4 is 5.32 Å². The molecule has 0 spiro atoms. The van der Waals surface area contributed by atoms with Crippen molar-refractivity contribution in [1.82, 2.24) is 10.3 Å². The van der Waals surface area contributed by atoms with Crippen molar-refractivity contribution in [3.05, 3.63) is 41.7 Å². The van der Waals surface area contributed by atoms with Crippen molar-refractivity contribution in [2.45, 2.75) is 20.4 Å². The molecule has 4 heteroatoms. The smallest absolute Gasteiger partial charge is 0.181 e. The van der Waals surface area contributed by atoms with Gasteiger partial charge in [-0.15, -0.1) is 0 Å². The van der Waals surface area contributed by atoms with Crippen LogP contribution in [0.5, 0.6) is 0 Å². The number of nitrogens with zero attached hydrogens (tertiary/aromatic N) is 1. The lowest BCUT2D eigenvalue weighted by Crippen LogP contribution is -2.12. The first-order valence-corrected chi connectivity index (χ1v) is 5.62. The van der Waals surface area contributed by atoms with Gasteiger partial charge in [-0.2, -0.15) is 0 Å². The maximum absolute atomic E-state index is 13.2. The Hall–Kier alpha value is -1.68. The van der Waals surface area contributed by atoms with Crippen LogP contribution in [-0.4, -0.2) is 11.5 Å². The van der Waals surface area contributed by atoms with E-state index in [1.54, 1.807) is 6.07 Å². The van der Waals surface area contributed by atoms with Gasteiger partial charge in [-0.1, -0.05) is 13.0 Å². The number of aryl methyl sites for hydroxylation is 1. The normalized spacial score (nSPS) is 10.8. The first-order chi connectivity index (χ1) is 8.22. The molecule has 0 aliphatic heterocycles. The van der Waals surface area contributed by atoms with E-state index < -0.39 is 0 Å². The van der Waals surface area contributed by atoms with E-state index in [9.17, 15) is 4.39 Å². The van der Waals surface area contributed by atoms with Crippen LogP contribution in [0.15, 0.2) is 29.0 Å². The van der Waals surface area contributed by atoms with Crippen molar-refractivity contribution in [3.63, 3.8) is 0 Å². The summed E-state index contributed by atoms with van der Waals surface area (Å²) in [6, 6.07) is 4.66. The monoisotopic (exact) mass is 234 g/mol. The van der Waals surface area contributed by atoms with Crippen molar-refractivity contribution in [2.75, 3.05) is 6.54 Å². The molecule has 0 radical (unpaired) electrons. The molecule has 0 bridgehead atoms. The lowest BCUT2D eigenvalue weighted by molar-refractivity contribution is 0.567. The summed E-state index contributed by atoms with van der Waals surface area (Å²) in [5.41, 5.74) is 2.54. The number of halogens is 1. The van der Waals surface area contributed by atoms with Crippen LogP contribution in [0, 0.1) is 12.7 Å². The van der Waals surface area contributed by atoms with Crippen molar-refractivity contribution >= 4 is 0 Å². The number of aromatic nitrogens is 1. The molecule has 17 heavy (non-hydrogen) atoms. The van der Waals surface area contributed by atoms with E-state index in [1.165, 1.54) is 18.5 Å². The summed E-state index contributed by atoms with van der Waals surface area (Å²) in [5.74, 6) is 0.374. The standard InChI is InChI=1S/C13H15FN2O/c1-3-15-7-12-13(17-8-16-12)11-6-10(14)5-4-9(11)2/h4-6,8,15H,3,7H2,1-2H3. The zero-order chi connectivity index (χ0) is 12.3. The van der Waals surface area contributed by atoms with Crippen LogP contribution in [-0.2, 0) is 6.54 Å². The SMILES string of the molecule is CCNCc1ncoc1-c1cc(F)ccc1C. The molecule has 1 heterocycles. The fraction of sp³-hybridized carbons (Fsp3) is 0.308. The molecular formula is C13H15FN2O. The minimum atomic E-state index is -0.267. The number of nitrogens with one attached hydrogen (secondary N) is 1. The molecule has 90 valence electrons. The molecule has 0 amide bonds. The van der Waals surface area contributed by atoms with E-state index in [0.29, 0.717) is 12.3 Å². The second kappa shape index (κ2) is 5.10. The third kappa shape index (κ3) is 2.53. The van der Waals surface area contributed by atoms with Crippen molar-refractivity contribution in [3.8, 4) is 11.3 Å². The van der Waals surface area contributed by atoms with E-state index >= 15 is 0 Å². The molecule has 2 aromatic rings. The molecular weight excluding hydrogens is 219 g/mol. The van der Waals surface area contributed by atoms with Gasteiger partial charge < -0.3 is 9.73 Å². The molecule has 1 aromatic carbocycles. The van der Waals surface area contributed by atoms with Crippen LogP contribution in [0.25, 0.3) is 11.3 Å². The molecule has 0 saturated heterocycles. The van der Waals surface area contributed by atoms with Gasteiger partial charge in [0.1, 0.15) is 11.5 Å². The topological polar surface area (TPSA) is 38.1 Å². The average molecular weight is 234 g/mol. The molecule has 0 unspecified atom stereocenters. The molecule has 0 saturated carbocycles. The van der Waals surface area contributed by atoms with E-state index in [-0.39, 0.29) is 5.82 Å². The summed E-state index contributed by atoms with van der Waals surface area (Å²) in [4.78, 5) is 4.15. The summed E-state index contributed by atoms with van der Waals surface area (Å²) < 4.78 is 18.6. The highest BCUT2D eigenvalue weighted by Crippen LogP contribution is 2.27. The summed E-state index contributed by atoms with van der Waals surface area (Å²) in [6.45, 7) is 5.42. The average Bonchev–Trinajstić information content (AvgIpc) is 2.77. The fourth-order valence-electron chi connectivity index (χ4n) is 1.70. The van der Waals surface area contributed by atoms with Gasteiger partial charge in [0.05, 0.1) is 0 Å². The van der Waals surface area contributed by atoms with Crippen LogP contribution in [0.3, 0.4) is 0 Å². The van der Waals surface area contributed by atoms with Crippen molar-refractivity contribution in [2.24, 2.45) is 0 Å². The van der Waals surface area contributed by atoms with Gasteiger partial charge in [0.25, 0.3) is 0 Å². The van der Waals surface area contributed by atoms with E-state index in [4.69, 9.17) is 4.42 Å². The van der Waals surface area contributed by atoms with E-state index in [1.807, 2.05) is 13.8 Å². The van der Waals surface area contributed by atoms with E-state index in [0.717, 1.165) is 23.4 Å². The molecule has 0 aliphatic carbocycles. The summed E-state index contributed by atoms with van der Waals surface area (Å²) in [6.07, 6.45) is 1.40. The zero-order valence-corrected chi connectivity index (χ0v) is 9.96. The lowest BCUT2D eigenvalue weighted by atomic mass is 10.0. The Labute approximate surface area is 99.7 Å². The number of hydrogen-bond acceptors (Lipinski definition) is 3. The molecule has 0 aliphatic rings. The quantitative estimate of drug-likeness (QED) is 0.884. The highest BCUT2D eigenvalue weighted by atomic mass is 19.1. The summed E-state index contributed by atoms with van der Waals surface area (Å²) in [5, 5.41) is 3.18. The Kier molecular flexibility index (Phi) is 3.54. The van der Waals surface area contributed by atoms with Crippen LogP contribution in [0.2, 0.25) is 0 Å². The zero-order valence-electron chi connectivity index (χ0n) is 9.96.